The van der Waals surface area contributed by atoms with Crippen molar-refractivity contribution in [3.05, 3.63) is 29.5 Å². The van der Waals surface area contributed by atoms with E-state index in [0.29, 0.717) is 5.82 Å². The molecule has 1 heterocycles. The predicted molar refractivity (Wildman–Crippen MR) is 70.3 cm³/mol. The molecule has 1 fully saturated rings. The van der Waals surface area contributed by atoms with Crippen molar-refractivity contribution in [1.29, 1.82) is 0 Å². The summed E-state index contributed by atoms with van der Waals surface area (Å²) in [6.07, 6.45) is 6.97. The highest BCUT2D eigenvalue weighted by molar-refractivity contribution is 5.85. The van der Waals surface area contributed by atoms with Crippen LogP contribution >= 0.6 is 12.4 Å². The number of hydrogen-bond donors (Lipinski definition) is 2. The Morgan fingerprint density at radius 2 is 2.12 bits per heavy atom. The molecule has 0 radical (unpaired) electrons. The van der Waals surface area contributed by atoms with E-state index in [0.717, 1.165) is 17.2 Å². The standard InChI is InChI=1S/C12H17N3.ClH/c1-8(13)12-10(5-4-9-2-3-9)6-7-11(14)15-12;/h4-9H,2-3,13H2,1H3,(H2,14,15);1H/b5-4+;/t8-;/m1./s1. The maximum atomic E-state index is 5.85. The molecule has 1 aromatic heterocycles. The topological polar surface area (TPSA) is 64.9 Å². The summed E-state index contributed by atoms with van der Waals surface area (Å²) in [4.78, 5) is 4.27. The van der Waals surface area contributed by atoms with E-state index in [1.54, 1.807) is 0 Å². The molecular formula is C12H18ClN3. The summed E-state index contributed by atoms with van der Waals surface area (Å²) in [5.41, 5.74) is 13.5. The van der Waals surface area contributed by atoms with Gasteiger partial charge in [-0.15, -0.1) is 12.4 Å². The van der Waals surface area contributed by atoms with Gasteiger partial charge in [0.25, 0.3) is 0 Å². The minimum Gasteiger partial charge on any atom is -0.384 e. The molecule has 1 atom stereocenters. The van der Waals surface area contributed by atoms with Crippen molar-refractivity contribution >= 4 is 24.3 Å². The molecule has 0 saturated heterocycles. The molecule has 0 aliphatic heterocycles. The molecule has 0 spiro atoms. The minimum atomic E-state index is -0.0765. The number of nitrogens with zero attached hydrogens (tertiary/aromatic N) is 1. The second-order valence-electron chi connectivity index (χ2n) is 4.20. The van der Waals surface area contributed by atoms with Crippen molar-refractivity contribution in [2.45, 2.75) is 25.8 Å². The number of nitrogen functional groups attached to an aromatic ring is 1. The van der Waals surface area contributed by atoms with Crippen molar-refractivity contribution < 1.29 is 0 Å². The summed E-state index contributed by atoms with van der Waals surface area (Å²) in [5.74, 6) is 1.30. The molecule has 16 heavy (non-hydrogen) atoms. The zero-order valence-corrected chi connectivity index (χ0v) is 10.2. The smallest absolute Gasteiger partial charge is 0.123 e. The molecule has 0 aromatic carbocycles. The third kappa shape index (κ3) is 3.22. The third-order valence-electron chi connectivity index (χ3n) is 2.58. The van der Waals surface area contributed by atoms with Crippen LogP contribution in [0.3, 0.4) is 0 Å². The fourth-order valence-corrected chi connectivity index (χ4v) is 1.54. The first-order valence-electron chi connectivity index (χ1n) is 5.37. The first-order chi connectivity index (χ1) is 7.16. The van der Waals surface area contributed by atoms with Crippen LogP contribution in [-0.2, 0) is 0 Å². The normalized spacial score (nSPS) is 17.1. The maximum absolute atomic E-state index is 5.85. The Kier molecular flexibility index (Phi) is 4.33. The summed E-state index contributed by atoms with van der Waals surface area (Å²) in [6.45, 7) is 1.93. The van der Waals surface area contributed by atoms with Gasteiger partial charge in [0.1, 0.15) is 5.82 Å². The van der Waals surface area contributed by atoms with E-state index in [9.17, 15) is 0 Å². The second-order valence-corrected chi connectivity index (χ2v) is 4.20. The van der Waals surface area contributed by atoms with Gasteiger partial charge in [-0.05, 0) is 43.4 Å². The van der Waals surface area contributed by atoms with Crippen LogP contribution in [0, 0.1) is 5.92 Å². The van der Waals surface area contributed by atoms with Crippen molar-refractivity contribution in [3.63, 3.8) is 0 Å². The number of pyridine rings is 1. The van der Waals surface area contributed by atoms with E-state index >= 15 is 0 Å². The van der Waals surface area contributed by atoms with Gasteiger partial charge in [0.05, 0.1) is 5.69 Å². The average Bonchev–Trinajstić information content (AvgIpc) is 2.99. The Bertz CT molecular complexity index is 384. The summed E-state index contributed by atoms with van der Waals surface area (Å²) in [6, 6.07) is 3.73. The van der Waals surface area contributed by atoms with Crippen molar-refractivity contribution in [2.75, 3.05) is 5.73 Å². The van der Waals surface area contributed by atoms with Gasteiger partial charge in [0.15, 0.2) is 0 Å². The zero-order valence-electron chi connectivity index (χ0n) is 9.39. The molecule has 3 nitrogen and oxygen atoms in total. The summed E-state index contributed by atoms with van der Waals surface area (Å²) < 4.78 is 0. The van der Waals surface area contributed by atoms with Gasteiger partial charge in [0, 0.05) is 6.04 Å². The number of hydrogen-bond acceptors (Lipinski definition) is 3. The molecule has 1 aromatic rings. The van der Waals surface area contributed by atoms with E-state index < -0.39 is 0 Å². The van der Waals surface area contributed by atoms with Crippen molar-refractivity contribution in [2.24, 2.45) is 11.7 Å². The molecular weight excluding hydrogens is 222 g/mol. The molecule has 1 aliphatic rings. The van der Waals surface area contributed by atoms with E-state index in [-0.39, 0.29) is 18.4 Å². The quantitative estimate of drug-likeness (QED) is 0.852. The maximum Gasteiger partial charge on any atom is 0.123 e. The molecule has 0 amide bonds. The number of aromatic nitrogens is 1. The van der Waals surface area contributed by atoms with E-state index in [1.165, 1.54) is 12.8 Å². The lowest BCUT2D eigenvalue weighted by Crippen LogP contribution is -2.10. The first kappa shape index (κ1) is 13.0. The molecule has 2 rings (SSSR count). The Hall–Kier alpha value is -1.06. The van der Waals surface area contributed by atoms with Gasteiger partial charge in [0.2, 0.25) is 0 Å². The van der Waals surface area contributed by atoms with Gasteiger partial charge in [-0.2, -0.15) is 0 Å². The molecule has 88 valence electrons. The number of halogens is 1. The van der Waals surface area contributed by atoms with Gasteiger partial charge >= 0.3 is 0 Å². The Balaban J connectivity index is 0.00000128. The summed E-state index contributed by atoms with van der Waals surface area (Å²) in [7, 11) is 0. The third-order valence-corrected chi connectivity index (χ3v) is 2.58. The first-order valence-corrected chi connectivity index (χ1v) is 5.37. The van der Waals surface area contributed by atoms with Gasteiger partial charge in [-0.1, -0.05) is 12.2 Å². The molecule has 1 saturated carbocycles. The predicted octanol–water partition coefficient (Wildman–Crippen LogP) is 2.53. The average molecular weight is 240 g/mol. The second kappa shape index (κ2) is 5.32. The van der Waals surface area contributed by atoms with Gasteiger partial charge < -0.3 is 11.5 Å². The molecule has 0 bridgehead atoms. The Morgan fingerprint density at radius 1 is 1.44 bits per heavy atom. The van der Waals surface area contributed by atoms with Crippen molar-refractivity contribution in [1.82, 2.24) is 4.98 Å². The van der Waals surface area contributed by atoms with Crippen LogP contribution < -0.4 is 11.5 Å². The highest BCUT2D eigenvalue weighted by Gasteiger charge is 2.17. The Labute approximate surface area is 102 Å². The van der Waals surface area contributed by atoms with Crippen LogP contribution in [0.25, 0.3) is 6.08 Å². The van der Waals surface area contributed by atoms with Gasteiger partial charge in [-0.3, -0.25) is 0 Å². The van der Waals surface area contributed by atoms with Crippen LogP contribution in [0.5, 0.6) is 0 Å². The highest BCUT2D eigenvalue weighted by Crippen LogP contribution is 2.31. The number of anilines is 1. The van der Waals surface area contributed by atoms with Gasteiger partial charge in [-0.25, -0.2) is 4.98 Å². The van der Waals surface area contributed by atoms with E-state index in [2.05, 4.69) is 17.1 Å². The molecule has 4 N–H and O–H groups in total. The lowest BCUT2D eigenvalue weighted by atomic mass is 10.1. The monoisotopic (exact) mass is 239 g/mol. The van der Waals surface area contributed by atoms with Crippen LogP contribution in [-0.4, -0.2) is 4.98 Å². The van der Waals surface area contributed by atoms with E-state index in [1.807, 2.05) is 19.1 Å². The van der Waals surface area contributed by atoms with Crippen LogP contribution in [0.15, 0.2) is 18.2 Å². The van der Waals surface area contributed by atoms with Crippen LogP contribution in [0.4, 0.5) is 5.82 Å². The van der Waals surface area contributed by atoms with Crippen LogP contribution in [0.1, 0.15) is 37.1 Å². The summed E-state index contributed by atoms with van der Waals surface area (Å²) >= 11 is 0. The van der Waals surface area contributed by atoms with Crippen LogP contribution in [0.2, 0.25) is 0 Å². The highest BCUT2D eigenvalue weighted by atomic mass is 35.5. The Morgan fingerprint density at radius 3 is 2.69 bits per heavy atom. The molecule has 0 unspecified atom stereocenters. The molecule has 1 aliphatic carbocycles. The number of nitrogens with two attached hydrogens (primary N) is 2. The minimum absolute atomic E-state index is 0. The fraction of sp³-hybridized carbons (Fsp3) is 0.417. The summed E-state index contributed by atoms with van der Waals surface area (Å²) in [5, 5.41) is 0. The largest absolute Gasteiger partial charge is 0.384 e. The lowest BCUT2D eigenvalue weighted by molar-refractivity contribution is 0.780. The van der Waals surface area contributed by atoms with Crippen molar-refractivity contribution in [3.8, 4) is 0 Å². The number of rotatable bonds is 3. The molecule has 4 heteroatoms. The number of allylic oxidation sites excluding steroid dienone is 1. The SMILES string of the molecule is C[C@@H](N)c1nc(N)ccc1/C=C/C1CC1.Cl. The fourth-order valence-electron chi connectivity index (χ4n) is 1.54. The lowest BCUT2D eigenvalue weighted by Gasteiger charge is -2.09. The van der Waals surface area contributed by atoms with E-state index in [4.69, 9.17) is 11.5 Å². The zero-order chi connectivity index (χ0) is 10.8.